The van der Waals surface area contributed by atoms with Crippen LogP contribution in [0.25, 0.3) is 0 Å². The summed E-state index contributed by atoms with van der Waals surface area (Å²) in [7, 11) is 0. The molecule has 1 aromatic rings. The molecule has 4 nitrogen and oxygen atoms in total. The summed E-state index contributed by atoms with van der Waals surface area (Å²) in [5, 5.41) is 9.89. The van der Waals surface area contributed by atoms with Crippen LogP contribution in [0, 0.1) is 0 Å². The first-order valence-electron chi connectivity index (χ1n) is 6.61. The minimum Gasteiger partial charge on any atom is -0.491 e. The van der Waals surface area contributed by atoms with Gasteiger partial charge in [-0.2, -0.15) is 0 Å². The molecule has 3 atom stereocenters. The molecule has 0 spiro atoms. The fourth-order valence-electron chi connectivity index (χ4n) is 2.68. The van der Waals surface area contributed by atoms with E-state index in [1.165, 1.54) is 0 Å². The molecule has 4 heteroatoms. The van der Waals surface area contributed by atoms with Gasteiger partial charge in [0.2, 0.25) is 0 Å². The lowest BCUT2D eigenvalue weighted by molar-refractivity contribution is 0.00679. The molecule has 1 saturated carbocycles. The first kappa shape index (κ1) is 11.8. The monoisotopic (exact) mass is 249 g/mol. The third-order valence-electron chi connectivity index (χ3n) is 3.76. The zero-order chi connectivity index (χ0) is 12.5. The first-order chi connectivity index (χ1) is 8.74. The van der Waals surface area contributed by atoms with Crippen molar-refractivity contribution in [2.45, 2.75) is 43.9 Å². The fraction of sp³-hybridized carbons (Fsp3) is 0.571. The molecule has 0 bridgehead atoms. The minimum atomic E-state index is -0.352. The van der Waals surface area contributed by atoms with Crippen LogP contribution in [0.5, 0.6) is 11.5 Å². The van der Waals surface area contributed by atoms with Crippen molar-refractivity contribution in [1.82, 2.24) is 0 Å². The molecule has 3 N–H and O–H groups in total. The van der Waals surface area contributed by atoms with Crippen molar-refractivity contribution in [1.29, 1.82) is 0 Å². The Hall–Kier alpha value is -1.26. The van der Waals surface area contributed by atoms with E-state index in [2.05, 4.69) is 0 Å². The standard InChI is InChI=1S/C14H19NO3/c15-11-8-17-14-7-9(5-6-10(11)14)18-13-4-2-1-3-12(13)16/h5-7,11-13,16H,1-4,8,15H2. The molecule has 1 aliphatic carbocycles. The van der Waals surface area contributed by atoms with Crippen LogP contribution in [0.2, 0.25) is 0 Å². The maximum atomic E-state index is 9.89. The average molecular weight is 249 g/mol. The largest absolute Gasteiger partial charge is 0.491 e. The Morgan fingerprint density at radius 2 is 2.11 bits per heavy atom. The van der Waals surface area contributed by atoms with Gasteiger partial charge in [0.1, 0.15) is 24.2 Å². The smallest absolute Gasteiger partial charge is 0.127 e. The number of hydrogen-bond acceptors (Lipinski definition) is 4. The average Bonchev–Trinajstić information content (AvgIpc) is 2.74. The van der Waals surface area contributed by atoms with Crippen molar-refractivity contribution in [3.05, 3.63) is 23.8 Å². The van der Waals surface area contributed by atoms with Crippen molar-refractivity contribution in [3.63, 3.8) is 0 Å². The zero-order valence-corrected chi connectivity index (χ0v) is 10.3. The van der Waals surface area contributed by atoms with Crippen LogP contribution in [0.15, 0.2) is 18.2 Å². The molecule has 0 amide bonds. The first-order valence-corrected chi connectivity index (χ1v) is 6.61. The summed E-state index contributed by atoms with van der Waals surface area (Å²) in [5.41, 5.74) is 6.93. The summed E-state index contributed by atoms with van der Waals surface area (Å²) in [6.45, 7) is 0.533. The van der Waals surface area contributed by atoms with Crippen LogP contribution in [-0.4, -0.2) is 23.9 Å². The quantitative estimate of drug-likeness (QED) is 0.838. The van der Waals surface area contributed by atoms with E-state index in [1.807, 2.05) is 18.2 Å². The molecule has 0 saturated heterocycles. The lowest BCUT2D eigenvalue weighted by atomic mass is 9.95. The van der Waals surface area contributed by atoms with Crippen LogP contribution >= 0.6 is 0 Å². The molecule has 0 aromatic heterocycles. The van der Waals surface area contributed by atoms with Crippen LogP contribution in [0.1, 0.15) is 37.3 Å². The maximum absolute atomic E-state index is 9.89. The van der Waals surface area contributed by atoms with Crippen LogP contribution < -0.4 is 15.2 Å². The summed E-state index contributed by atoms with van der Waals surface area (Å²) < 4.78 is 11.4. The van der Waals surface area contributed by atoms with Crippen LogP contribution in [0.3, 0.4) is 0 Å². The normalized spacial score (nSPS) is 30.7. The fourth-order valence-corrected chi connectivity index (χ4v) is 2.68. The Kier molecular flexibility index (Phi) is 3.14. The van der Waals surface area contributed by atoms with Crippen molar-refractivity contribution >= 4 is 0 Å². The number of hydrogen-bond donors (Lipinski definition) is 2. The molecular weight excluding hydrogens is 230 g/mol. The van der Waals surface area contributed by atoms with Gasteiger partial charge >= 0.3 is 0 Å². The predicted molar refractivity (Wildman–Crippen MR) is 67.8 cm³/mol. The molecule has 98 valence electrons. The highest BCUT2D eigenvalue weighted by atomic mass is 16.5. The third kappa shape index (κ3) is 2.18. The Labute approximate surface area is 107 Å². The maximum Gasteiger partial charge on any atom is 0.127 e. The number of aliphatic hydroxyl groups is 1. The molecule has 3 rings (SSSR count). The number of rotatable bonds is 2. The van der Waals surface area contributed by atoms with E-state index >= 15 is 0 Å². The predicted octanol–water partition coefficient (Wildman–Crippen LogP) is 1.76. The van der Waals surface area contributed by atoms with Gasteiger partial charge in [0.25, 0.3) is 0 Å². The summed E-state index contributed by atoms with van der Waals surface area (Å²) in [6.07, 6.45) is 3.51. The molecule has 18 heavy (non-hydrogen) atoms. The molecule has 1 fully saturated rings. The van der Waals surface area contributed by atoms with Gasteiger partial charge in [0.15, 0.2) is 0 Å². The van der Waals surface area contributed by atoms with Gasteiger partial charge in [-0.05, 0) is 31.4 Å². The lowest BCUT2D eigenvalue weighted by Gasteiger charge is -2.28. The van der Waals surface area contributed by atoms with Gasteiger partial charge in [-0.15, -0.1) is 0 Å². The highest BCUT2D eigenvalue weighted by Gasteiger charge is 2.26. The van der Waals surface area contributed by atoms with Crippen molar-refractivity contribution in [3.8, 4) is 11.5 Å². The second-order valence-electron chi connectivity index (χ2n) is 5.13. The van der Waals surface area contributed by atoms with Gasteiger partial charge in [-0.1, -0.05) is 6.42 Å². The van der Waals surface area contributed by atoms with E-state index in [0.717, 1.165) is 42.7 Å². The number of nitrogens with two attached hydrogens (primary N) is 1. The second-order valence-corrected chi connectivity index (χ2v) is 5.13. The Morgan fingerprint density at radius 3 is 2.94 bits per heavy atom. The summed E-state index contributed by atoms with van der Waals surface area (Å²) in [5.74, 6) is 1.57. The highest BCUT2D eigenvalue weighted by Crippen LogP contribution is 2.35. The molecule has 3 unspecified atom stereocenters. The minimum absolute atomic E-state index is 0.0330. The molecular formula is C14H19NO3. The summed E-state index contributed by atoms with van der Waals surface area (Å²) in [6, 6.07) is 5.71. The van der Waals surface area contributed by atoms with E-state index in [0.29, 0.717) is 6.61 Å². The zero-order valence-electron chi connectivity index (χ0n) is 10.3. The molecule has 2 aliphatic rings. The summed E-state index contributed by atoms with van der Waals surface area (Å²) >= 11 is 0. The Balaban J connectivity index is 1.73. The lowest BCUT2D eigenvalue weighted by Crippen LogP contribution is -2.34. The number of benzene rings is 1. The van der Waals surface area contributed by atoms with E-state index in [-0.39, 0.29) is 18.2 Å². The molecule has 1 heterocycles. The van der Waals surface area contributed by atoms with E-state index < -0.39 is 0 Å². The second kappa shape index (κ2) is 4.78. The van der Waals surface area contributed by atoms with Gasteiger partial charge in [-0.25, -0.2) is 0 Å². The van der Waals surface area contributed by atoms with Crippen molar-refractivity contribution < 1.29 is 14.6 Å². The third-order valence-corrected chi connectivity index (χ3v) is 3.76. The van der Waals surface area contributed by atoms with E-state index in [1.54, 1.807) is 0 Å². The number of ether oxygens (including phenoxy) is 2. The van der Waals surface area contributed by atoms with Crippen LogP contribution in [0.4, 0.5) is 0 Å². The SMILES string of the molecule is NC1COc2cc(OC3CCCCC3O)ccc21. The summed E-state index contributed by atoms with van der Waals surface area (Å²) in [4.78, 5) is 0. The Morgan fingerprint density at radius 1 is 1.28 bits per heavy atom. The van der Waals surface area contributed by atoms with Crippen molar-refractivity contribution in [2.75, 3.05) is 6.61 Å². The number of aliphatic hydroxyl groups excluding tert-OH is 1. The highest BCUT2D eigenvalue weighted by molar-refractivity contribution is 5.44. The topological polar surface area (TPSA) is 64.7 Å². The molecule has 1 aromatic carbocycles. The number of fused-ring (bicyclic) bond motifs is 1. The van der Waals surface area contributed by atoms with E-state index in [4.69, 9.17) is 15.2 Å². The van der Waals surface area contributed by atoms with Gasteiger partial charge in [-0.3, -0.25) is 0 Å². The van der Waals surface area contributed by atoms with Gasteiger partial charge in [0, 0.05) is 11.6 Å². The van der Waals surface area contributed by atoms with Gasteiger partial charge < -0.3 is 20.3 Å². The molecule has 0 radical (unpaired) electrons. The van der Waals surface area contributed by atoms with Crippen LogP contribution in [-0.2, 0) is 0 Å². The van der Waals surface area contributed by atoms with E-state index in [9.17, 15) is 5.11 Å². The van der Waals surface area contributed by atoms with Crippen molar-refractivity contribution in [2.24, 2.45) is 5.73 Å². The van der Waals surface area contributed by atoms with Gasteiger partial charge in [0.05, 0.1) is 12.1 Å². The molecule has 1 aliphatic heterocycles. The Bertz CT molecular complexity index is 435.